The smallest absolute Gasteiger partial charge is 0.294 e. The Morgan fingerprint density at radius 2 is 1.91 bits per heavy atom. The molecule has 0 unspecified atom stereocenters. The number of carbonyl (C=O) groups excluding carboxylic acids is 2. The van der Waals surface area contributed by atoms with Crippen molar-refractivity contribution in [3.05, 3.63) is 82.2 Å². The molecular weight excluding hydrogens is 432 g/mol. The molecule has 32 heavy (non-hydrogen) atoms. The Kier molecular flexibility index (Phi) is 5.73. The quantitative estimate of drug-likeness (QED) is 0.337. The van der Waals surface area contributed by atoms with Crippen LogP contribution in [-0.4, -0.2) is 31.3 Å². The predicted octanol–water partition coefficient (Wildman–Crippen LogP) is 4.11. The molecule has 2 amide bonds. The molecule has 4 rings (SSSR count). The fourth-order valence-electron chi connectivity index (χ4n) is 2.99. The van der Waals surface area contributed by atoms with Crippen molar-refractivity contribution < 1.29 is 14.5 Å². The van der Waals surface area contributed by atoms with Gasteiger partial charge in [-0.1, -0.05) is 12.1 Å². The molecular formula is C21H16N6O4S. The molecule has 2 N–H and O–H groups in total. The maximum Gasteiger partial charge on any atom is 0.294 e. The van der Waals surface area contributed by atoms with Gasteiger partial charge in [0.25, 0.3) is 11.6 Å². The van der Waals surface area contributed by atoms with Crippen molar-refractivity contribution in [2.75, 3.05) is 10.6 Å². The topological polar surface area (TPSA) is 132 Å². The predicted molar refractivity (Wildman–Crippen MR) is 120 cm³/mol. The van der Waals surface area contributed by atoms with Crippen LogP contribution >= 0.6 is 11.3 Å². The third kappa shape index (κ3) is 4.52. The molecule has 2 aromatic heterocycles. The van der Waals surface area contributed by atoms with Gasteiger partial charge >= 0.3 is 0 Å². The molecule has 2 heterocycles. The molecule has 0 bridgehead atoms. The van der Waals surface area contributed by atoms with E-state index in [1.165, 1.54) is 53.6 Å². The minimum Gasteiger partial charge on any atom is -0.326 e. The Bertz CT molecular complexity index is 1300. The third-order valence-electron chi connectivity index (χ3n) is 4.44. The lowest BCUT2D eigenvalue weighted by molar-refractivity contribution is -0.384. The summed E-state index contributed by atoms with van der Waals surface area (Å²) in [6, 6.07) is 11.4. The molecule has 0 saturated heterocycles. The minimum atomic E-state index is -0.543. The van der Waals surface area contributed by atoms with E-state index in [0.717, 1.165) is 5.56 Å². The summed E-state index contributed by atoms with van der Waals surface area (Å²) in [5.74, 6) is -0.665. The number of benzene rings is 2. The Balaban J connectivity index is 1.51. The number of nitro benzene ring substituents is 1. The van der Waals surface area contributed by atoms with E-state index in [1.807, 2.05) is 12.1 Å². The van der Waals surface area contributed by atoms with Crippen LogP contribution in [-0.2, 0) is 4.79 Å². The van der Waals surface area contributed by atoms with E-state index in [1.54, 1.807) is 23.7 Å². The van der Waals surface area contributed by atoms with Crippen molar-refractivity contribution in [1.29, 1.82) is 0 Å². The highest BCUT2D eigenvalue weighted by molar-refractivity contribution is 7.14. The summed E-state index contributed by atoms with van der Waals surface area (Å²) in [6.07, 6.45) is 4.54. The van der Waals surface area contributed by atoms with E-state index in [-0.39, 0.29) is 17.2 Å². The van der Waals surface area contributed by atoms with Crippen LogP contribution in [0.15, 0.2) is 66.6 Å². The van der Waals surface area contributed by atoms with Crippen LogP contribution in [0.3, 0.4) is 0 Å². The summed E-state index contributed by atoms with van der Waals surface area (Å²) in [6.45, 7) is 1.43. The second-order valence-corrected chi connectivity index (χ2v) is 7.54. The van der Waals surface area contributed by atoms with Crippen LogP contribution in [0.4, 0.5) is 16.5 Å². The Hall–Kier alpha value is -4.38. The van der Waals surface area contributed by atoms with Gasteiger partial charge in [0.2, 0.25) is 5.91 Å². The van der Waals surface area contributed by atoms with Crippen molar-refractivity contribution in [3.63, 3.8) is 0 Å². The monoisotopic (exact) mass is 448 g/mol. The summed E-state index contributed by atoms with van der Waals surface area (Å²) in [5.41, 5.74) is 2.37. The van der Waals surface area contributed by atoms with Crippen molar-refractivity contribution in [3.8, 4) is 16.9 Å². The summed E-state index contributed by atoms with van der Waals surface area (Å²) in [7, 11) is 0. The standard InChI is InChI=1S/C21H16N6O4S/c1-13(28)23-16-5-2-14(3-6-16)17-11-32-21(24-17)25-20(29)15-4-7-18(19(10-15)27(30)31)26-9-8-22-12-26/h2-12H,1H3,(H,23,28)(H,24,25,29). The zero-order valence-electron chi connectivity index (χ0n) is 16.7. The van der Waals surface area contributed by atoms with E-state index in [0.29, 0.717) is 22.2 Å². The van der Waals surface area contributed by atoms with Gasteiger partial charge in [0.1, 0.15) is 5.69 Å². The number of carbonyl (C=O) groups is 2. The van der Waals surface area contributed by atoms with Gasteiger partial charge in [0.15, 0.2) is 5.13 Å². The zero-order valence-corrected chi connectivity index (χ0v) is 17.5. The van der Waals surface area contributed by atoms with E-state index >= 15 is 0 Å². The second kappa shape index (κ2) is 8.78. The molecule has 0 aliphatic heterocycles. The number of anilines is 2. The van der Waals surface area contributed by atoms with Gasteiger partial charge in [-0.05, 0) is 24.3 Å². The molecule has 0 atom stereocenters. The average Bonchev–Trinajstić information content (AvgIpc) is 3.46. The van der Waals surface area contributed by atoms with Crippen molar-refractivity contribution in [2.24, 2.45) is 0 Å². The van der Waals surface area contributed by atoms with Crippen LogP contribution in [0, 0.1) is 10.1 Å². The fourth-order valence-corrected chi connectivity index (χ4v) is 3.71. The summed E-state index contributed by atoms with van der Waals surface area (Å²) < 4.78 is 1.50. The van der Waals surface area contributed by atoms with Crippen LogP contribution in [0.5, 0.6) is 0 Å². The zero-order chi connectivity index (χ0) is 22.7. The number of nitro groups is 1. The van der Waals surface area contributed by atoms with E-state index in [2.05, 4.69) is 20.6 Å². The fraction of sp³-hybridized carbons (Fsp3) is 0.0476. The first-order valence-corrected chi connectivity index (χ1v) is 10.2. The number of hydrogen-bond donors (Lipinski definition) is 2. The van der Waals surface area contributed by atoms with Gasteiger partial charge in [0.05, 0.1) is 16.9 Å². The molecule has 0 radical (unpaired) electrons. The van der Waals surface area contributed by atoms with Crippen LogP contribution in [0.2, 0.25) is 0 Å². The highest BCUT2D eigenvalue weighted by Crippen LogP contribution is 2.28. The Morgan fingerprint density at radius 1 is 1.12 bits per heavy atom. The lowest BCUT2D eigenvalue weighted by atomic mass is 10.1. The van der Waals surface area contributed by atoms with E-state index in [4.69, 9.17) is 0 Å². The van der Waals surface area contributed by atoms with Crippen molar-refractivity contribution in [1.82, 2.24) is 14.5 Å². The number of hydrogen-bond acceptors (Lipinski definition) is 7. The molecule has 0 aliphatic carbocycles. The molecule has 10 nitrogen and oxygen atoms in total. The van der Waals surface area contributed by atoms with Crippen LogP contribution in [0.1, 0.15) is 17.3 Å². The number of thiazole rings is 1. The largest absolute Gasteiger partial charge is 0.326 e. The van der Waals surface area contributed by atoms with Gasteiger partial charge < -0.3 is 9.88 Å². The second-order valence-electron chi connectivity index (χ2n) is 6.68. The number of aromatic nitrogens is 3. The van der Waals surface area contributed by atoms with Gasteiger partial charge in [0, 0.05) is 47.6 Å². The van der Waals surface area contributed by atoms with Gasteiger partial charge in [-0.15, -0.1) is 11.3 Å². The first-order chi connectivity index (χ1) is 15.4. The number of nitrogens with one attached hydrogen (secondary N) is 2. The first kappa shape index (κ1) is 20.9. The van der Waals surface area contributed by atoms with Crippen LogP contribution < -0.4 is 10.6 Å². The number of rotatable bonds is 6. The normalized spacial score (nSPS) is 10.5. The average molecular weight is 448 g/mol. The molecule has 2 aromatic carbocycles. The number of amides is 2. The highest BCUT2D eigenvalue weighted by atomic mass is 32.1. The summed E-state index contributed by atoms with van der Waals surface area (Å²) in [4.78, 5) is 43.0. The lowest BCUT2D eigenvalue weighted by Crippen LogP contribution is -2.12. The minimum absolute atomic E-state index is 0.136. The summed E-state index contributed by atoms with van der Waals surface area (Å²) in [5, 5.41) is 19.0. The number of imidazole rings is 1. The number of nitrogens with zero attached hydrogens (tertiary/aromatic N) is 4. The maximum atomic E-state index is 12.7. The summed E-state index contributed by atoms with van der Waals surface area (Å²) >= 11 is 1.23. The molecule has 0 spiro atoms. The Morgan fingerprint density at radius 3 is 2.56 bits per heavy atom. The van der Waals surface area contributed by atoms with Crippen molar-refractivity contribution in [2.45, 2.75) is 6.92 Å². The maximum absolute atomic E-state index is 12.7. The third-order valence-corrected chi connectivity index (χ3v) is 5.20. The van der Waals surface area contributed by atoms with Gasteiger partial charge in [-0.2, -0.15) is 0 Å². The lowest BCUT2D eigenvalue weighted by Gasteiger charge is -2.06. The van der Waals surface area contributed by atoms with E-state index in [9.17, 15) is 19.7 Å². The molecule has 160 valence electrons. The van der Waals surface area contributed by atoms with Gasteiger partial charge in [-0.3, -0.25) is 25.0 Å². The molecule has 0 saturated carbocycles. The van der Waals surface area contributed by atoms with Gasteiger partial charge in [-0.25, -0.2) is 9.97 Å². The van der Waals surface area contributed by atoms with Crippen LogP contribution in [0.25, 0.3) is 16.9 Å². The first-order valence-electron chi connectivity index (χ1n) is 9.32. The Labute approximate surface area is 185 Å². The van der Waals surface area contributed by atoms with E-state index < -0.39 is 10.8 Å². The molecule has 11 heteroatoms. The van der Waals surface area contributed by atoms with Crippen molar-refractivity contribution >= 4 is 39.7 Å². The molecule has 4 aromatic rings. The molecule has 0 aliphatic rings. The highest BCUT2D eigenvalue weighted by Gasteiger charge is 2.19. The molecule has 0 fully saturated rings. The SMILES string of the molecule is CC(=O)Nc1ccc(-c2csc(NC(=O)c3ccc(-n4ccnc4)c([N+](=O)[O-])c3)n2)cc1.